The molecule has 2 heteroatoms. The molecule has 0 bridgehead atoms. The van der Waals surface area contributed by atoms with Crippen LogP contribution >= 0.6 is 0 Å². The lowest BCUT2D eigenvalue weighted by atomic mass is 9.98. The van der Waals surface area contributed by atoms with Crippen molar-refractivity contribution in [2.45, 2.75) is 58.0 Å². The molecule has 1 heterocycles. The number of benzene rings is 1. The van der Waals surface area contributed by atoms with Crippen molar-refractivity contribution < 1.29 is 0 Å². The topological polar surface area (TPSA) is 29.3 Å². The molecule has 18 heavy (non-hydrogen) atoms. The Kier molecular flexibility index (Phi) is 4.65. The van der Waals surface area contributed by atoms with Gasteiger partial charge in [-0.1, -0.05) is 19.1 Å². The van der Waals surface area contributed by atoms with Crippen molar-refractivity contribution in [2.75, 3.05) is 11.4 Å². The molecule has 2 unspecified atom stereocenters. The fraction of sp³-hybridized carbons (Fsp3) is 0.625. The number of hydrogen-bond donors (Lipinski definition) is 1. The van der Waals surface area contributed by atoms with Crippen LogP contribution in [0.3, 0.4) is 0 Å². The van der Waals surface area contributed by atoms with Crippen LogP contribution in [0.15, 0.2) is 24.3 Å². The second-order valence-corrected chi connectivity index (χ2v) is 5.60. The van der Waals surface area contributed by atoms with Crippen LogP contribution in [0.5, 0.6) is 0 Å². The van der Waals surface area contributed by atoms with E-state index in [4.69, 9.17) is 5.73 Å². The van der Waals surface area contributed by atoms with Crippen LogP contribution in [-0.4, -0.2) is 18.6 Å². The van der Waals surface area contributed by atoms with E-state index in [9.17, 15) is 0 Å². The Hall–Kier alpha value is -1.02. The summed E-state index contributed by atoms with van der Waals surface area (Å²) in [6, 6.07) is 9.99. The van der Waals surface area contributed by atoms with E-state index in [2.05, 4.69) is 43.0 Å². The summed E-state index contributed by atoms with van der Waals surface area (Å²) in [6.07, 6.45) is 6.28. The lowest BCUT2D eigenvalue weighted by molar-refractivity contribution is 0.450. The number of nitrogens with two attached hydrogens (primary N) is 1. The molecule has 100 valence electrons. The summed E-state index contributed by atoms with van der Waals surface area (Å²) in [7, 11) is 0. The van der Waals surface area contributed by atoms with E-state index in [1.54, 1.807) is 0 Å². The van der Waals surface area contributed by atoms with E-state index in [0.717, 1.165) is 12.5 Å². The summed E-state index contributed by atoms with van der Waals surface area (Å²) in [5.41, 5.74) is 8.57. The molecule has 1 saturated heterocycles. The minimum absolute atomic E-state index is 0.245. The van der Waals surface area contributed by atoms with Gasteiger partial charge in [-0.15, -0.1) is 0 Å². The summed E-state index contributed by atoms with van der Waals surface area (Å²) in [6.45, 7) is 5.57. The Morgan fingerprint density at radius 1 is 1.28 bits per heavy atom. The highest BCUT2D eigenvalue weighted by Crippen LogP contribution is 2.26. The first kappa shape index (κ1) is 13.4. The standard InChI is InChI=1S/C16H26N2/c1-3-15-6-4-5-11-18(15)16-9-7-14(8-10-16)12-13(2)17/h7-10,13,15H,3-6,11-12,17H2,1-2H3. The number of nitrogens with zero attached hydrogens (tertiary/aromatic N) is 1. The van der Waals surface area contributed by atoms with Crippen molar-refractivity contribution in [1.29, 1.82) is 0 Å². The number of hydrogen-bond acceptors (Lipinski definition) is 2. The number of rotatable bonds is 4. The summed E-state index contributed by atoms with van der Waals surface area (Å²) in [5, 5.41) is 0. The lowest BCUT2D eigenvalue weighted by Gasteiger charge is -2.37. The molecule has 1 aromatic rings. The van der Waals surface area contributed by atoms with Gasteiger partial charge in [-0.05, 0) is 56.7 Å². The van der Waals surface area contributed by atoms with Gasteiger partial charge >= 0.3 is 0 Å². The van der Waals surface area contributed by atoms with Gasteiger partial charge in [0.05, 0.1) is 0 Å². The van der Waals surface area contributed by atoms with Crippen molar-refractivity contribution in [3.8, 4) is 0 Å². The monoisotopic (exact) mass is 246 g/mol. The normalized spacial score (nSPS) is 21.9. The van der Waals surface area contributed by atoms with E-state index in [1.165, 1.54) is 43.5 Å². The number of piperidine rings is 1. The molecule has 2 rings (SSSR count). The van der Waals surface area contributed by atoms with Crippen molar-refractivity contribution in [2.24, 2.45) is 5.73 Å². The first-order chi connectivity index (χ1) is 8.70. The van der Waals surface area contributed by atoms with Crippen LogP contribution in [0.25, 0.3) is 0 Å². The van der Waals surface area contributed by atoms with Gasteiger partial charge in [-0.2, -0.15) is 0 Å². The van der Waals surface area contributed by atoms with Gasteiger partial charge in [-0.3, -0.25) is 0 Å². The predicted molar refractivity (Wildman–Crippen MR) is 79.1 cm³/mol. The summed E-state index contributed by atoms with van der Waals surface area (Å²) >= 11 is 0. The third-order valence-electron chi connectivity index (χ3n) is 3.92. The Morgan fingerprint density at radius 3 is 2.61 bits per heavy atom. The van der Waals surface area contributed by atoms with Crippen molar-refractivity contribution >= 4 is 5.69 Å². The second kappa shape index (κ2) is 6.24. The van der Waals surface area contributed by atoms with Gasteiger partial charge in [-0.25, -0.2) is 0 Å². The van der Waals surface area contributed by atoms with E-state index < -0.39 is 0 Å². The lowest BCUT2D eigenvalue weighted by Crippen LogP contribution is -2.39. The molecule has 0 spiro atoms. The maximum Gasteiger partial charge on any atom is 0.0368 e. The van der Waals surface area contributed by atoms with E-state index in [1.807, 2.05) is 0 Å². The molecular weight excluding hydrogens is 220 g/mol. The minimum atomic E-state index is 0.245. The first-order valence-electron chi connectivity index (χ1n) is 7.32. The minimum Gasteiger partial charge on any atom is -0.369 e. The van der Waals surface area contributed by atoms with Gasteiger partial charge in [0, 0.05) is 24.3 Å². The molecule has 0 saturated carbocycles. The number of anilines is 1. The van der Waals surface area contributed by atoms with E-state index >= 15 is 0 Å². The SMILES string of the molecule is CCC1CCCCN1c1ccc(CC(C)N)cc1. The first-order valence-corrected chi connectivity index (χ1v) is 7.32. The van der Waals surface area contributed by atoms with Crippen molar-refractivity contribution in [3.05, 3.63) is 29.8 Å². The highest BCUT2D eigenvalue weighted by atomic mass is 15.2. The van der Waals surface area contributed by atoms with Crippen LogP contribution in [0.2, 0.25) is 0 Å². The average Bonchev–Trinajstić information content (AvgIpc) is 2.39. The molecule has 1 aliphatic rings. The molecule has 2 atom stereocenters. The van der Waals surface area contributed by atoms with Crippen molar-refractivity contribution in [1.82, 2.24) is 0 Å². The molecule has 2 nitrogen and oxygen atoms in total. The van der Waals surface area contributed by atoms with Crippen LogP contribution < -0.4 is 10.6 Å². The highest BCUT2D eigenvalue weighted by Gasteiger charge is 2.20. The van der Waals surface area contributed by atoms with Gasteiger partial charge in [0.1, 0.15) is 0 Å². The largest absolute Gasteiger partial charge is 0.369 e. The van der Waals surface area contributed by atoms with E-state index in [0.29, 0.717) is 0 Å². The average molecular weight is 246 g/mol. The molecule has 0 amide bonds. The maximum absolute atomic E-state index is 5.84. The van der Waals surface area contributed by atoms with Crippen LogP contribution in [0.4, 0.5) is 5.69 Å². The summed E-state index contributed by atoms with van der Waals surface area (Å²) in [5.74, 6) is 0. The second-order valence-electron chi connectivity index (χ2n) is 5.60. The molecule has 2 N–H and O–H groups in total. The molecular formula is C16H26N2. The van der Waals surface area contributed by atoms with Gasteiger partial charge in [0.2, 0.25) is 0 Å². The fourth-order valence-electron chi connectivity index (χ4n) is 2.96. The predicted octanol–water partition coefficient (Wildman–Crippen LogP) is 3.35. The molecule has 0 radical (unpaired) electrons. The fourth-order valence-corrected chi connectivity index (χ4v) is 2.96. The Morgan fingerprint density at radius 2 is 2.00 bits per heavy atom. The zero-order valence-corrected chi connectivity index (χ0v) is 11.7. The van der Waals surface area contributed by atoms with Crippen molar-refractivity contribution in [3.63, 3.8) is 0 Å². The third kappa shape index (κ3) is 3.26. The molecule has 0 aromatic heterocycles. The molecule has 1 fully saturated rings. The zero-order valence-electron chi connectivity index (χ0n) is 11.7. The smallest absolute Gasteiger partial charge is 0.0368 e. The molecule has 1 aromatic carbocycles. The molecule has 1 aliphatic heterocycles. The zero-order chi connectivity index (χ0) is 13.0. The van der Waals surface area contributed by atoms with Gasteiger partial charge in [0.25, 0.3) is 0 Å². The summed E-state index contributed by atoms with van der Waals surface area (Å²) < 4.78 is 0. The Balaban J connectivity index is 2.07. The van der Waals surface area contributed by atoms with Crippen LogP contribution in [0.1, 0.15) is 45.1 Å². The quantitative estimate of drug-likeness (QED) is 0.883. The van der Waals surface area contributed by atoms with Gasteiger partial charge < -0.3 is 10.6 Å². The maximum atomic E-state index is 5.84. The van der Waals surface area contributed by atoms with E-state index in [-0.39, 0.29) is 6.04 Å². The molecule has 0 aliphatic carbocycles. The third-order valence-corrected chi connectivity index (χ3v) is 3.92. The van der Waals surface area contributed by atoms with Gasteiger partial charge in [0.15, 0.2) is 0 Å². The highest BCUT2D eigenvalue weighted by molar-refractivity contribution is 5.49. The van der Waals surface area contributed by atoms with Crippen LogP contribution in [0, 0.1) is 0 Å². The summed E-state index contributed by atoms with van der Waals surface area (Å²) in [4.78, 5) is 2.58. The Bertz CT molecular complexity index is 356. The Labute approximate surface area is 111 Å². The van der Waals surface area contributed by atoms with Crippen LogP contribution in [-0.2, 0) is 6.42 Å².